The van der Waals surface area contributed by atoms with Crippen LogP contribution in [0.5, 0.6) is 5.75 Å². The number of thiophene rings is 1. The van der Waals surface area contributed by atoms with Crippen LogP contribution in [-0.2, 0) is 16.6 Å². The molecular weight excluding hydrogens is 477 g/mol. The van der Waals surface area contributed by atoms with Gasteiger partial charge in [-0.25, -0.2) is 17.6 Å². The van der Waals surface area contributed by atoms with Gasteiger partial charge in [0.25, 0.3) is 10.0 Å². The van der Waals surface area contributed by atoms with Crippen LogP contribution in [0.2, 0.25) is 0 Å². The van der Waals surface area contributed by atoms with E-state index in [4.69, 9.17) is 4.74 Å². The summed E-state index contributed by atoms with van der Waals surface area (Å²) in [5, 5.41) is 10.1. The van der Waals surface area contributed by atoms with Gasteiger partial charge in [-0.15, -0.1) is 11.3 Å². The third-order valence-corrected chi connectivity index (χ3v) is 8.64. The molecule has 1 aliphatic heterocycles. The van der Waals surface area contributed by atoms with Gasteiger partial charge in [-0.05, 0) is 53.1 Å². The minimum atomic E-state index is -4.19. The fourth-order valence-electron chi connectivity index (χ4n) is 4.10. The van der Waals surface area contributed by atoms with Gasteiger partial charge in [0, 0.05) is 10.4 Å². The first-order valence-electron chi connectivity index (χ1n) is 10.2. The van der Waals surface area contributed by atoms with Crippen LogP contribution in [0.1, 0.15) is 15.2 Å². The van der Waals surface area contributed by atoms with Crippen LogP contribution in [0.4, 0.5) is 10.1 Å². The van der Waals surface area contributed by atoms with Gasteiger partial charge in [0.1, 0.15) is 16.4 Å². The Kier molecular flexibility index (Phi) is 5.38. The standard InChI is InChI=1S/C25H18FNO5S2/c1-32-18-7-4-6-15(13-18)23-21-20-8-3-2-5-16(20)14-27(22(21)24(33-23)25(28)29)34(30,31)19-11-9-17(26)10-12-19/h2-13H,14H2,1H3,(H,28,29). The van der Waals surface area contributed by atoms with Gasteiger partial charge < -0.3 is 9.84 Å². The quantitative estimate of drug-likeness (QED) is 0.388. The van der Waals surface area contributed by atoms with E-state index in [1.807, 2.05) is 30.3 Å². The van der Waals surface area contributed by atoms with E-state index >= 15 is 0 Å². The zero-order valence-electron chi connectivity index (χ0n) is 17.9. The Morgan fingerprint density at radius 3 is 2.50 bits per heavy atom. The Labute approximate surface area is 199 Å². The Bertz CT molecular complexity index is 1530. The molecule has 0 unspecified atom stereocenters. The summed E-state index contributed by atoms with van der Waals surface area (Å²) in [5.74, 6) is -1.20. The Hall–Kier alpha value is -3.69. The maximum absolute atomic E-state index is 13.7. The summed E-state index contributed by atoms with van der Waals surface area (Å²) >= 11 is 1.02. The van der Waals surface area contributed by atoms with Gasteiger partial charge in [0.05, 0.1) is 24.2 Å². The van der Waals surface area contributed by atoms with Crippen LogP contribution >= 0.6 is 11.3 Å². The largest absolute Gasteiger partial charge is 0.497 e. The van der Waals surface area contributed by atoms with Crippen LogP contribution in [0.15, 0.2) is 77.7 Å². The van der Waals surface area contributed by atoms with Crippen LogP contribution in [-0.4, -0.2) is 26.6 Å². The molecule has 2 heterocycles. The van der Waals surface area contributed by atoms with Crippen molar-refractivity contribution in [2.45, 2.75) is 11.4 Å². The smallest absolute Gasteiger partial charge is 0.348 e. The van der Waals surface area contributed by atoms with E-state index in [1.54, 1.807) is 18.2 Å². The molecular formula is C25H18FNO5S2. The number of carboxylic acid groups (broad SMARTS) is 1. The first-order chi connectivity index (χ1) is 16.3. The topological polar surface area (TPSA) is 83.9 Å². The molecule has 6 nitrogen and oxygen atoms in total. The summed E-state index contributed by atoms with van der Waals surface area (Å²) in [6.45, 7) is -0.0442. The number of methoxy groups -OCH3 is 1. The van der Waals surface area contributed by atoms with Gasteiger partial charge in [-0.1, -0.05) is 36.4 Å². The second-order valence-electron chi connectivity index (χ2n) is 7.64. The molecule has 0 fully saturated rings. The molecule has 0 amide bonds. The molecule has 0 saturated carbocycles. The van der Waals surface area contributed by atoms with Crippen molar-refractivity contribution in [1.82, 2.24) is 0 Å². The summed E-state index contributed by atoms with van der Waals surface area (Å²) in [7, 11) is -2.65. The van der Waals surface area contributed by atoms with Crippen LogP contribution in [0, 0.1) is 5.82 Å². The van der Waals surface area contributed by atoms with Crippen molar-refractivity contribution >= 4 is 33.0 Å². The summed E-state index contributed by atoms with van der Waals surface area (Å²) in [6, 6.07) is 19.0. The van der Waals surface area contributed by atoms with Crippen LogP contribution in [0.25, 0.3) is 21.6 Å². The molecule has 5 rings (SSSR count). The van der Waals surface area contributed by atoms with Gasteiger partial charge >= 0.3 is 5.97 Å². The zero-order chi connectivity index (χ0) is 24.0. The van der Waals surface area contributed by atoms with E-state index in [-0.39, 0.29) is 22.0 Å². The molecule has 0 spiro atoms. The molecule has 0 bridgehead atoms. The first-order valence-corrected chi connectivity index (χ1v) is 12.5. The first kappa shape index (κ1) is 22.1. The lowest BCUT2D eigenvalue weighted by molar-refractivity contribution is 0.0703. The number of hydrogen-bond acceptors (Lipinski definition) is 5. The number of fused-ring (bicyclic) bond motifs is 3. The third-order valence-electron chi connectivity index (χ3n) is 5.66. The molecule has 172 valence electrons. The maximum atomic E-state index is 13.7. The van der Waals surface area contributed by atoms with E-state index in [0.29, 0.717) is 21.8 Å². The molecule has 1 aromatic heterocycles. The minimum absolute atomic E-state index is 0.0442. The fraction of sp³-hybridized carbons (Fsp3) is 0.0800. The number of halogens is 1. The number of carbonyl (C=O) groups is 1. The summed E-state index contributed by atoms with van der Waals surface area (Å²) < 4.78 is 47.3. The van der Waals surface area contributed by atoms with E-state index < -0.39 is 21.8 Å². The molecule has 34 heavy (non-hydrogen) atoms. The second-order valence-corrected chi connectivity index (χ2v) is 10.5. The average Bonchev–Trinajstić information content (AvgIpc) is 3.25. The lowest BCUT2D eigenvalue weighted by Gasteiger charge is -2.31. The van der Waals surface area contributed by atoms with E-state index in [2.05, 4.69) is 0 Å². The summed E-state index contributed by atoms with van der Waals surface area (Å²) in [4.78, 5) is 12.7. The maximum Gasteiger partial charge on any atom is 0.348 e. The summed E-state index contributed by atoms with van der Waals surface area (Å²) in [6.07, 6.45) is 0. The number of ether oxygens (including phenoxy) is 1. The number of benzene rings is 3. The lowest BCUT2D eigenvalue weighted by atomic mass is 9.93. The predicted octanol–water partition coefficient (Wildman–Crippen LogP) is 5.64. The van der Waals surface area contributed by atoms with Gasteiger partial charge in [-0.3, -0.25) is 4.31 Å². The minimum Gasteiger partial charge on any atom is -0.497 e. The van der Waals surface area contributed by atoms with E-state index in [9.17, 15) is 22.7 Å². The number of sulfonamides is 1. The lowest BCUT2D eigenvalue weighted by Crippen LogP contribution is -2.33. The molecule has 0 aliphatic carbocycles. The fourth-order valence-corrected chi connectivity index (χ4v) is 6.78. The van der Waals surface area contributed by atoms with Gasteiger partial charge in [0.2, 0.25) is 0 Å². The number of carboxylic acids is 1. The van der Waals surface area contributed by atoms with Crippen molar-refractivity contribution in [2.75, 3.05) is 11.4 Å². The number of hydrogen-bond donors (Lipinski definition) is 1. The Morgan fingerprint density at radius 1 is 1.06 bits per heavy atom. The Balaban J connectivity index is 1.82. The van der Waals surface area contributed by atoms with Crippen molar-refractivity contribution < 1.29 is 27.4 Å². The normalized spacial score (nSPS) is 12.7. The van der Waals surface area contributed by atoms with Crippen molar-refractivity contribution in [2.24, 2.45) is 0 Å². The number of aromatic carboxylic acids is 1. The molecule has 1 N–H and O–H groups in total. The Morgan fingerprint density at radius 2 is 1.79 bits per heavy atom. The molecule has 9 heteroatoms. The average molecular weight is 496 g/mol. The SMILES string of the molecule is COc1cccc(-c2sc(C(=O)O)c3c2-c2ccccc2CN3S(=O)(=O)c2ccc(F)cc2)c1. The van der Waals surface area contributed by atoms with Gasteiger partial charge in [-0.2, -0.15) is 0 Å². The highest BCUT2D eigenvalue weighted by molar-refractivity contribution is 7.92. The van der Waals surface area contributed by atoms with E-state index in [1.165, 1.54) is 19.2 Å². The van der Waals surface area contributed by atoms with E-state index in [0.717, 1.165) is 38.9 Å². The molecule has 0 atom stereocenters. The monoisotopic (exact) mass is 495 g/mol. The van der Waals surface area contributed by atoms with Crippen LogP contribution < -0.4 is 9.04 Å². The van der Waals surface area contributed by atoms with Crippen LogP contribution in [0.3, 0.4) is 0 Å². The third kappa shape index (κ3) is 3.53. The summed E-state index contributed by atoms with van der Waals surface area (Å²) in [5.41, 5.74) is 2.86. The molecule has 1 aliphatic rings. The van der Waals surface area contributed by atoms with Gasteiger partial charge in [0.15, 0.2) is 0 Å². The molecule has 4 aromatic rings. The predicted molar refractivity (Wildman–Crippen MR) is 128 cm³/mol. The van der Waals surface area contributed by atoms with Crippen molar-refractivity contribution in [1.29, 1.82) is 0 Å². The number of nitrogens with zero attached hydrogens (tertiary/aromatic N) is 1. The second kappa shape index (κ2) is 8.27. The molecule has 0 saturated heterocycles. The molecule has 3 aromatic carbocycles. The highest BCUT2D eigenvalue weighted by Crippen LogP contribution is 2.53. The molecule has 0 radical (unpaired) electrons. The number of rotatable bonds is 5. The highest BCUT2D eigenvalue weighted by atomic mass is 32.2. The number of anilines is 1. The van der Waals surface area contributed by atoms with Crippen molar-refractivity contribution in [3.05, 3.63) is 89.1 Å². The zero-order valence-corrected chi connectivity index (χ0v) is 19.5. The van der Waals surface area contributed by atoms with Crippen molar-refractivity contribution in [3.8, 4) is 27.3 Å². The van der Waals surface area contributed by atoms with Crippen molar-refractivity contribution in [3.63, 3.8) is 0 Å². The highest BCUT2D eigenvalue weighted by Gasteiger charge is 2.38.